The molecule has 0 bridgehead atoms. The van der Waals surface area contributed by atoms with Crippen molar-refractivity contribution in [2.45, 2.75) is 51.6 Å². The van der Waals surface area contributed by atoms with E-state index in [4.69, 9.17) is 4.52 Å². The molecule has 1 N–H and O–H groups in total. The van der Waals surface area contributed by atoms with Gasteiger partial charge in [0.05, 0.1) is 11.8 Å². The van der Waals surface area contributed by atoms with Gasteiger partial charge in [-0.3, -0.25) is 14.5 Å². The molecular formula is C15H23ClN4O3. The quantitative estimate of drug-likeness (QED) is 0.812. The number of imide groups is 1. The molecule has 23 heavy (non-hydrogen) atoms. The first-order valence-electron chi connectivity index (χ1n) is 7.94. The van der Waals surface area contributed by atoms with Gasteiger partial charge in [-0.05, 0) is 26.8 Å². The molecule has 128 valence electrons. The number of likely N-dealkylation sites (N-methyl/N-ethyl adjacent to an activating group) is 1. The van der Waals surface area contributed by atoms with Crippen molar-refractivity contribution in [2.75, 3.05) is 7.05 Å². The molecule has 1 saturated heterocycles. The molecule has 1 aromatic heterocycles. The van der Waals surface area contributed by atoms with Crippen LogP contribution in [0.1, 0.15) is 44.3 Å². The summed E-state index contributed by atoms with van der Waals surface area (Å²) in [5.74, 6) is 0.518. The summed E-state index contributed by atoms with van der Waals surface area (Å²) in [7, 11) is 1.87. The molecule has 3 rings (SSSR count). The summed E-state index contributed by atoms with van der Waals surface area (Å²) < 4.78 is 5.19. The highest BCUT2D eigenvalue weighted by Gasteiger charge is 2.48. The fraction of sp³-hybridized carbons (Fsp3) is 0.733. The van der Waals surface area contributed by atoms with Crippen molar-refractivity contribution < 1.29 is 14.1 Å². The SMILES string of the molecule is CNC(C)Cc1noc(CN2C(=O)C3CCCCC3C2=O)n1.Cl. The molecule has 0 radical (unpaired) electrons. The maximum atomic E-state index is 12.4. The largest absolute Gasteiger partial charge is 0.337 e. The summed E-state index contributed by atoms with van der Waals surface area (Å²) in [4.78, 5) is 30.4. The standard InChI is InChI=1S/C15H22N4O3.ClH/c1-9(16-2)7-12-17-13(22-18-12)8-19-14(20)10-5-3-4-6-11(10)15(19)21;/h9-11,16H,3-8H2,1-2H3;1H. The Balaban J connectivity index is 0.00000192. The Kier molecular flexibility index (Phi) is 5.75. The third-order valence-corrected chi connectivity index (χ3v) is 4.72. The lowest BCUT2D eigenvalue weighted by Crippen LogP contribution is -2.30. The van der Waals surface area contributed by atoms with Crippen LogP contribution in [0.15, 0.2) is 4.52 Å². The summed E-state index contributed by atoms with van der Waals surface area (Å²) in [6.07, 6.45) is 4.34. The highest BCUT2D eigenvalue weighted by Crippen LogP contribution is 2.38. The highest BCUT2D eigenvalue weighted by molar-refractivity contribution is 6.05. The normalized spacial score (nSPS) is 25.2. The van der Waals surface area contributed by atoms with Crippen molar-refractivity contribution in [3.05, 3.63) is 11.7 Å². The minimum Gasteiger partial charge on any atom is -0.337 e. The van der Waals surface area contributed by atoms with E-state index < -0.39 is 0 Å². The van der Waals surface area contributed by atoms with E-state index in [2.05, 4.69) is 15.5 Å². The number of nitrogens with one attached hydrogen (secondary N) is 1. The molecule has 2 fully saturated rings. The zero-order chi connectivity index (χ0) is 15.7. The number of halogens is 1. The van der Waals surface area contributed by atoms with Crippen molar-refractivity contribution in [3.8, 4) is 0 Å². The monoisotopic (exact) mass is 342 g/mol. The molecule has 7 nitrogen and oxygen atoms in total. The van der Waals surface area contributed by atoms with Gasteiger partial charge in [-0.1, -0.05) is 18.0 Å². The Labute approximate surface area is 141 Å². The molecule has 1 aliphatic heterocycles. The summed E-state index contributed by atoms with van der Waals surface area (Å²) in [5.41, 5.74) is 0. The van der Waals surface area contributed by atoms with E-state index in [0.717, 1.165) is 25.7 Å². The second-order valence-electron chi connectivity index (χ2n) is 6.26. The van der Waals surface area contributed by atoms with Crippen LogP contribution in [0.4, 0.5) is 0 Å². The van der Waals surface area contributed by atoms with Gasteiger partial charge in [0, 0.05) is 12.5 Å². The molecule has 1 saturated carbocycles. The maximum absolute atomic E-state index is 12.4. The summed E-state index contributed by atoms with van der Waals surface area (Å²) in [6, 6.07) is 0.239. The van der Waals surface area contributed by atoms with E-state index in [1.54, 1.807) is 0 Å². The van der Waals surface area contributed by atoms with Crippen LogP contribution in [0.3, 0.4) is 0 Å². The van der Waals surface area contributed by atoms with Crippen molar-refractivity contribution in [1.29, 1.82) is 0 Å². The number of nitrogens with zero attached hydrogens (tertiary/aromatic N) is 3. The zero-order valence-corrected chi connectivity index (χ0v) is 14.3. The first kappa shape index (κ1) is 17.9. The first-order chi connectivity index (χ1) is 10.6. The lowest BCUT2D eigenvalue weighted by atomic mass is 9.81. The van der Waals surface area contributed by atoms with Gasteiger partial charge in [-0.15, -0.1) is 12.4 Å². The molecule has 2 aliphatic rings. The summed E-state index contributed by atoms with van der Waals surface area (Å²) >= 11 is 0. The van der Waals surface area contributed by atoms with Crippen LogP contribution in [-0.4, -0.2) is 39.9 Å². The predicted molar refractivity (Wildman–Crippen MR) is 84.8 cm³/mol. The zero-order valence-electron chi connectivity index (χ0n) is 13.4. The minimum atomic E-state index is -0.132. The van der Waals surface area contributed by atoms with E-state index >= 15 is 0 Å². The number of fused-ring (bicyclic) bond motifs is 1. The van der Waals surface area contributed by atoms with Crippen LogP contribution >= 0.6 is 12.4 Å². The lowest BCUT2D eigenvalue weighted by Gasteiger charge is -2.19. The number of hydrogen-bond acceptors (Lipinski definition) is 6. The first-order valence-corrected chi connectivity index (χ1v) is 7.94. The van der Waals surface area contributed by atoms with Gasteiger partial charge in [0.25, 0.3) is 0 Å². The van der Waals surface area contributed by atoms with E-state index in [-0.39, 0.29) is 48.6 Å². The van der Waals surface area contributed by atoms with Crippen molar-refractivity contribution in [3.63, 3.8) is 0 Å². The summed E-state index contributed by atoms with van der Waals surface area (Å²) in [5, 5.41) is 7.01. The van der Waals surface area contributed by atoms with Crippen LogP contribution in [0.2, 0.25) is 0 Å². The predicted octanol–water partition coefficient (Wildman–Crippen LogP) is 1.32. The number of likely N-dealkylation sites (tertiary alicyclic amines) is 1. The molecule has 1 aromatic rings. The molecular weight excluding hydrogens is 320 g/mol. The third kappa shape index (κ3) is 3.55. The van der Waals surface area contributed by atoms with Gasteiger partial charge in [-0.2, -0.15) is 4.98 Å². The molecule has 0 spiro atoms. The van der Waals surface area contributed by atoms with Gasteiger partial charge in [0.2, 0.25) is 17.7 Å². The van der Waals surface area contributed by atoms with Crippen LogP contribution in [0, 0.1) is 11.8 Å². The number of aromatic nitrogens is 2. The number of carbonyl (C=O) groups is 2. The number of rotatable bonds is 5. The fourth-order valence-corrected chi connectivity index (χ4v) is 3.34. The Morgan fingerprint density at radius 2 is 1.87 bits per heavy atom. The Hall–Kier alpha value is -1.47. The smallest absolute Gasteiger partial charge is 0.246 e. The Morgan fingerprint density at radius 3 is 2.43 bits per heavy atom. The average molecular weight is 343 g/mol. The second-order valence-corrected chi connectivity index (χ2v) is 6.26. The molecule has 3 unspecified atom stereocenters. The van der Waals surface area contributed by atoms with E-state index in [1.165, 1.54) is 4.90 Å². The topological polar surface area (TPSA) is 88.3 Å². The van der Waals surface area contributed by atoms with E-state index in [1.807, 2.05) is 14.0 Å². The van der Waals surface area contributed by atoms with Gasteiger partial charge in [-0.25, -0.2) is 0 Å². The lowest BCUT2D eigenvalue weighted by molar-refractivity contribution is -0.141. The van der Waals surface area contributed by atoms with Gasteiger partial charge in [0.1, 0.15) is 6.54 Å². The van der Waals surface area contributed by atoms with Crippen LogP contribution < -0.4 is 5.32 Å². The van der Waals surface area contributed by atoms with Crippen LogP contribution in [0.25, 0.3) is 0 Å². The fourth-order valence-electron chi connectivity index (χ4n) is 3.34. The van der Waals surface area contributed by atoms with Crippen LogP contribution in [-0.2, 0) is 22.6 Å². The number of carbonyl (C=O) groups excluding carboxylic acids is 2. The number of hydrogen-bond donors (Lipinski definition) is 1. The molecule has 0 aromatic carbocycles. The molecule has 1 aliphatic carbocycles. The molecule has 2 amide bonds. The number of amides is 2. The van der Waals surface area contributed by atoms with Crippen molar-refractivity contribution >= 4 is 24.2 Å². The van der Waals surface area contributed by atoms with E-state index in [9.17, 15) is 9.59 Å². The van der Waals surface area contributed by atoms with Crippen molar-refractivity contribution in [2.24, 2.45) is 11.8 Å². The average Bonchev–Trinajstić information content (AvgIpc) is 3.06. The molecule has 8 heteroatoms. The van der Waals surface area contributed by atoms with Crippen molar-refractivity contribution in [1.82, 2.24) is 20.4 Å². The molecule has 2 heterocycles. The highest BCUT2D eigenvalue weighted by atomic mass is 35.5. The van der Waals surface area contributed by atoms with Gasteiger partial charge >= 0.3 is 0 Å². The second kappa shape index (κ2) is 7.40. The third-order valence-electron chi connectivity index (χ3n) is 4.72. The van der Waals surface area contributed by atoms with Gasteiger partial charge < -0.3 is 9.84 Å². The van der Waals surface area contributed by atoms with Crippen LogP contribution in [0.5, 0.6) is 0 Å². The Morgan fingerprint density at radius 1 is 1.26 bits per heavy atom. The minimum absolute atomic E-state index is 0. The summed E-state index contributed by atoms with van der Waals surface area (Å²) in [6.45, 7) is 2.12. The Bertz CT molecular complexity index is 553. The van der Waals surface area contributed by atoms with Gasteiger partial charge in [0.15, 0.2) is 5.82 Å². The molecule has 3 atom stereocenters. The maximum Gasteiger partial charge on any atom is 0.246 e. The van der Waals surface area contributed by atoms with E-state index in [0.29, 0.717) is 18.1 Å².